The first-order valence-electron chi connectivity index (χ1n) is 7.94. The molecule has 0 unspecified atom stereocenters. The lowest BCUT2D eigenvalue weighted by Gasteiger charge is -2.12. The highest BCUT2D eigenvalue weighted by Gasteiger charge is 2.15. The number of aromatic nitrogens is 1. The molecule has 0 radical (unpaired) electrons. The Kier molecular flexibility index (Phi) is 4.97. The fraction of sp³-hybridized carbons (Fsp3) is 0.263. The summed E-state index contributed by atoms with van der Waals surface area (Å²) in [4.78, 5) is 16.3. The standard InChI is InChI=1S/C19H19ClN2O2/c1-12-14(11-23)4-2-3-13-5-7-16(9-17(12)13)22-19(24)18-8-6-15(20)10-21-18/h5-10,23H,2-4,11H2,1H3,(H,22,24). The molecule has 1 aliphatic carbocycles. The number of allylic oxidation sites excluding steroid dienone is 1. The van der Waals surface area contributed by atoms with Crippen LogP contribution in [0.5, 0.6) is 0 Å². The first-order valence-corrected chi connectivity index (χ1v) is 8.32. The van der Waals surface area contributed by atoms with Crippen LogP contribution in [0.1, 0.15) is 41.4 Å². The average molecular weight is 343 g/mol. The molecule has 0 aliphatic heterocycles. The van der Waals surface area contributed by atoms with Gasteiger partial charge < -0.3 is 10.4 Å². The smallest absolute Gasteiger partial charge is 0.274 e. The molecule has 1 aliphatic rings. The molecule has 0 atom stereocenters. The first-order chi connectivity index (χ1) is 11.6. The molecule has 0 spiro atoms. The van der Waals surface area contributed by atoms with Gasteiger partial charge in [0.2, 0.25) is 0 Å². The van der Waals surface area contributed by atoms with Crippen LogP contribution in [0.15, 0.2) is 42.1 Å². The van der Waals surface area contributed by atoms with Gasteiger partial charge in [0, 0.05) is 11.9 Å². The number of fused-ring (bicyclic) bond motifs is 1. The number of aliphatic hydroxyl groups is 1. The molecule has 1 heterocycles. The minimum absolute atomic E-state index is 0.0799. The summed E-state index contributed by atoms with van der Waals surface area (Å²) in [6.07, 6.45) is 4.37. The number of hydrogen-bond donors (Lipinski definition) is 2. The van der Waals surface area contributed by atoms with Gasteiger partial charge in [0.05, 0.1) is 11.6 Å². The monoisotopic (exact) mass is 342 g/mol. The van der Waals surface area contributed by atoms with Crippen LogP contribution in [0, 0.1) is 0 Å². The Hall–Kier alpha value is -2.17. The number of aryl methyl sites for hydroxylation is 1. The van der Waals surface area contributed by atoms with Crippen LogP contribution in [-0.4, -0.2) is 22.6 Å². The zero-order chi connectivity index (χ0) is 17.1. The van der Waals surface area contributed by atoms with Gasteiger partial charge >= 0.3 is 0 Å². The minimum atomic E-state index is -0.274. The van der Waals surface area contributed by atoms with E-state index in [0.29, 0.717) is 16.4 Å². The van der Waals surface area contributed by atoms with Crippen molar-refractivity contribution < 1.29 is 9.90 Å². The van der Waals surface area contributed by atoms with Gasteiger partial charge in [0.1, 0.15) is 5.69 Å². The Labute approximate surface area is 146 Å². The van der Waals surface area contributed by atoms with Crippen LogP contribution >= 0.6 is 11.6 Å². The lowest BCUT2D eigenvalue weighted by molar-refractivity contribution is 0.102. The number of carbonyl (C=O) groups is 1. The number of rotatable bonds is 3. The van der Waals surface area contributed by atoms with Gasteiger partial charge in [-0.15, -0.1) is 0 Å². The number of nitrogens with one attached hydrogen (secondary N) is 1. The number of anilines is 1. The normalized spacial score (nSPS) is 14.1. The lowest BCUT2D eigenvalue weighted by atomic mass is 9.97. The number of pyridine rings is 1. The second-order valence-corrected chi connectivity index (χ2v) is 6.36. The van der Waals surface area contributed by atoms with E-state index in [-0.39, 0.29) is 12.5 Å². The summed E-state index contributed by atoms with van der Waals surface area (Å²) in [6, 6.07) is 9.16. The van der Waals surface area contributed by atoms with Crippen molar-refractivity contribution in [2.75, 3.05) is 11.9 Å². The van der Waals surface area contributed by atoms with Gasteiger partial charge in [-0.3, -0.25) is 4.79 Å². The Morgan fingerprint density at radius 1 is 1.29 bits per heavy atom. The highest BCUT2D eigenvalue weighted by Crippen LogP contribution is 2.31. The van der Waals surface area contributed by atoms with Crippen molar-refractivity contribution in [1.29, 1.82) is 0 Å². The van der Waals surface area contributed by atoms with Gasteiger partial charge in [0.25, 0.3) is 5.91 Å². The molecule has 5 heteroatoms. The van der Waals surface area contributed by atoms with E-state index in [1.54, 1.807) is 12.1 Å². The van der Waals surface area contributed by atoms with Gasteiger partial charge in [0.15, 0.2) is 0 Å². The summed E-state index contributed by atoms with van der Waals surface area (Å²) in [7, 11) is 0. The van der Waals surface area contributed by atoms with Gasteiger partial charge in [-0.2, -0.15) is 0 Å². The number of halogens is 1. The largest absolute Gasteiger partial charge is 0.392 e. The van der Waals surface area contributed by atoms with Crippen molar-refractivity contribution in [3.8, 4) is 0 Å². The molecule has 0 saturated carbocycles. The summed E-state index contributed by atoms with van der Waals surface area (Å²) in [5.41, 5.74) is 5.55. The quantitative estimate of drug-likeness (QED) is 0.883. The van der Waals surface area contributed by atoms with Crippen molar-refractivity contribution in [1.82, 2.24) is 4.98 Å². The molecule has 2 N–H and O–H groups in total. The molecule has 4 nitrogen and oxygen atoms in total. The van der Waals surface area contributed by atoms with Crippen LogP contribution in [0.4, 0.5) is 5.69 Å². The van der Waals surface area contributed by atoms with E-state index in [1.807, 2.05) is 25.1 Å². The summed E-state index contributed by atoms with van der Waals surface area (Å²) in [5, 5.41) is 12.9. The number of amides is 1. The molecule has 0 bridgehead atoms. The third kappa shape index (κ3) is 3.50. The van der Waals surface area contributed by atoms with E-state index in [2.05, 4.69) is 10.3 Å². The zero-order valence-corrected chi connectivity index (χ0v) is 14.2. The summed E-state index contributed by atoms with van der Waals surface area (Å²) >= 11 is 5.80. The summed E-state index contributed by atoms with van der Waals surface area (Å²) in [6.45, 7) is 2.11. The number of hydrogen-bond acceptors (Lipinski definition) is 3. The topological polar surface area (TPSA) is 62.2 Å². The maximum absolute atomic E-state index is 12.3. The highest BCUT2D eigenvalue weighted by molar-refractivity contribution is 6.30. The average Bonchev–Trinajstić information content (AvgIpc) is 2.74. The zero-order valence-electron chi connectivity index (χ0n) is 13.5. The molecule has 1 amide bonds. The SMILES string of the molecule is CC1=C(CO)CCCc2ccc(NC(=O)c3ccc(Cl)cn3)cc21. The van der Waals surface area contributed by atoms with Crippen LogP contribution < -0.4 is 5.32 Å². The molecule has 0 saturated heterocycles. The van der Waals surface area contributed by atoms with Crippen LogP contribution in [-0.2, 0) is 6.42 Å². The van der Waals surface area contributed by atoms with E-state index >= 15 is 0 Å². The lowest BCUT2D eigenvalue weighted by Crippen LogP contribution is -2.13. The maximum atomic E-state index is 12.3. The van der Waals surface area contributed by atoms with E-state index < -0.39 is 0 Å². The highest BCUT2D eigenvalue weighted by atomic mass is 35.5. The third-order valence-electron chi connectivity index (χ3n) is 4.38. The second-order valence-electron chi connectivity index (χ2n) is 5.93. The molecule has 0 fully saturated rings. The van der Waals surface area contributed by atoms with Gasteiger partial charge in [-0.1, -0.05) is 17.7 Å². The van der Waals surface area contributed by atoms with Crippen molar-refractivity contribution in [2.45, 2.75) is 26.2 Å². The number of nitrogens with zero attached hydrogens (tertiary/aromatic N) is 1. The van der Waals surface area contributed by atoms with Crippen LogP contribution in [0.3, 0.4) is 0 Å². The van der Waals surface area contributed by atoms with Crippen molar-refractivity contribution in [3.63, 3.8) is 0 Å². The molecule has 124 valence electrons. The first kappa shape index (κ1) is 16.7. The molecule has 2 aromatic rings. The summed E-state index contributed by atoms with van der Waals surface area (Å²) < 4.78 is 0. The van der Waals surface area contributed by atoms with E-state index in [4.69, 9.17) is 11.6 Å². The Balaban J connectivity index is 1.88. The molecule has 24 heavy (non-hydrogen) atoms. The Morgan fingerprint density at radius 3 is 2.83 bits per heavy atom. The van der Waals surface area contributed by atoms with E-state index in [1.165, 1.54) is 11.8 Å². The molecular formula is C19H19ClN2O2. The minimum Gasteiger partial charge on any atom is -0.392 e. The van der Waals surface area contributed by atoms with Crippen molar-refractivity contribution in [3.05, 3.63) is 63.9 Å². The van der Waals surface area contributed by atoms with E-state index in [0.717, 1.165) is 36.0 Å². The van der Waals surface area contributed by atoms with Crippen LogP contribution in [0.25, 0.3) is 5.57 Å². The van der Waals surface area contributed by atoms with Gasteiger partial charge in [-0.25, -0.2) is 4.98 Å². The predicted molar refractivity (Wildman–Crippen MR) is 96.3 cm³/mol. The predicted octanol–water partition coefficient (Wildman–Crippen LogP) is 4.09. The second kappa shape index (κ2) is 7.16. The fourth-order valence-corrected chi connectivity index (χ4v) is 3.11. The fourth-order valence-electron chi connectivity index (χ4n) is 2.99. The Morgan fingerprint density at radius 2 is 2.12 bits per heavy atom. The molecule has 3 rings (SSSR count). The third-order valence-corrected chi connectivity index (χ3v) is 4.60. The molecular weight excluding hydrogens is 324 g/mol. The van der Waals surface area contributed by atoms with E-state index in [9.17, 15) is 9.90 Å². The van der Waals surface area contributed by atoms with Crippen molar-refractivity contribution in [2.24, 2.45) is 0 Å². The van der Waals surface area contributed by atoms with Crippen LogP contribution in [0.2, 0.25) is 5.02 Å². The van der Waals surface area contributed by atoms with Crippen molar-refractivity contribution >= 4 is 28.8 Å². The number of benzene rings is 1. The Bertz CT molecular complexity index is 798. The summed E-state index contributed by atoms with van der Waals surface area (Å²) in [5.74, 6) is -0.274. The molecule has 1 aromatic heterocycles. The van der Waals surface area contributed by atoms with Gasteiger partial charge in [-0.05, 0) is 72.7 Å². The maximum Gasteiger partial charge on any atom is 0.274 e. The number of carbonyl (C=O) groups excluding carboxylic acids is 1. The molecule has 1 aromatic carbocycles. The number of aliphatic hydroxyl groups excluding tert-OH is 1.